The van der Waals surface area contributed by atoms with E-state index in [0.717, 1.165) is 16.8 Å². The van der Waals surface area contributed by atoms with E-state index in [9.17, 15) is 9.59 Å². The van der Waals surface area contributed by atoms with Crippen LogP contribution < -0.4 is 10.2 Å². The first-order valence-electron chi connectivity index (χ1n) is 8.37. The summed E-state index contributed by atoms with van der Waals surface area (Å²) in [6.07, 6.45) is 3.29. The molecule has 1 aliphatic rings. The maximum Gasteiger partial charge on any atom is 0.415 e. The van der Waals surface area contributed by atoms with Crippen molar-refractivity contribution in [1.29, 1.82) is 0 Å². The number of amides is 2. The molecule has 25 heavy (non-hydrogen) atoms. The zero-order chi connectivity index (χ0) is 18.6. The van der Waals surface area contributed by atoms with Crippen LogP contribution in [-0.4, -0.2) is 30.7 Å². The van der Waals surface area contributed by atoms with Gasteiger partial charge in [-0.05, 0) is 46.8 Å². The fourth-order valence-corrected chi connectivity index (χ4v) is 2.48. The Labute approximate surface area is 149 Å². The lowest BCUT2D eigenvalue weighted by Gasteiger charge is -2.22. The maximum absolute atomic E-state index is 12.2. The molecule has 0 radical (unpaired) electrons. The standard InChI is InChI=1S/C20H26N2O3/c1-14(2)6-9-16(4)18(23)21-12-20(5)13-22(19(24)25-20)17-10-7-15(3)8-11-17/h6-11H,12-13H2,1-5H3,(H,21,23)/b16-9+. The van der Waals surface area contributed by atoms with E-state index in [1.165, 1.54) is 0 Å². The van der Waals surface area contributed by atoms with E-state index in [-0.39, 0.29) is 12.5 Å². The molecule has 1 aliphatic heterocycles. The lowest BCUT2D eigenvalue weighted by atomic mass is 10.1. The Balaban J connectivity index is 2.00. The highest BCUT2D eigenvalue weighted by Crippen LogP contribution is 2.27. The van der Waals surface area contributed by atoms with E-state index in [4.69, 9.17) is 4.74 Å². The molecule has 0 saturated carbocycles. The Kier molecular flexibility index (Phi) is 5.67. The van der Waals surface area contributed by atoms with Crippen LogP contribution in [0.1, 0.15) is 33.3 Å². The third kappa shape index (κ3) is 4.95. The maximum atomic E-state index is 12.2. The van der Waals surface area contributed by atoms with Crippen LogP contribution in [0.25, 0.3) is 0 Å². The van der Waals surface area contributed by atoms with Gasteiger partial charge < -0.3 is 10.1 Å². The van der Waals surface area contributed by atoms with Crippen LogP contribution in [0.15, 0.2) is 47.6 Å². The number of hydrogen-bond donors (Lipinski definition) is 1. The minimum atomic E-state index is -0.756. The van der Waals surface area contributed by atoms with Crippen LogP contribution in [0.4, 0.5) is 10.5 Å². The summed E-state index contributed by atoms with van der Waals surface area (Å²) in [5, 5.41) is 2.85. The second-order valence-electron chi connectivity index (χ2n) is 7.02. The fourth-order valence-electron chi connectivity index (χ4n) is 2.48. The van der Waals surface area contributed by atoms with Crippen molar-refractivity contribution in [3.05, 3.63) is 53.1 Å². The number of carbonyl (C=O) groups excluding carboxylic acids is 2. The minimum absolute atomic E-state index is 0.163. The first-order valence-corrected chi connectivity index (χ1v) is 8.37. The van der Waals surface area contributed by atoms with Gasteiger partial charge >= 0.3 is 6.09 Å². The van der Waals surface area contributed by atoms with Gasteiger partial charge in [0.15, 0.2) is 0 Å². The van der Waals surface area contributed by atoms with Crippen molar-refractivity contribution in [3.63, 3.8) is 0 Å². The lowest BCUT2D eigenvalue weighted by Crippen LogP contribution is -2.44. The summed E-state index contributed by atoms with van der Waals surface area (Å²) >= 11 is 0. The first-order chi connectivity index (χ1) is 11.7. The number of benzene rings is 1. The smallest absolute Gasteiger partial charge is 0.415 e. The molecule has 0 aromatic heterocycles. The van der Waals surface area contributed by atoms with E-state index in [2.05, 4.69) is 5.32 Å². The van der Waals surface area contributed by atoms with Crippen molar-refractivity contribution in [1.82, 2.24) is 5.32 Å². The summed E-state index contributed by atoms with van der Waals surface area (Å²) in [6, 6.07) is 7.70. The molecule has 1 saturated heterocycles. The molecule has 1 unspecified atom stereocenters. The van der Waals surface area contributed by atoms with Crippen molar-refractivity contribution >= 4 is 17.7 Å². The number of hydrogen-bond acceptors (Lipinski definition) is 3. The quantitative estimate of drug-likeness (QED) is 0.655. The van der Waals surface area contributed by atoms with E-state index < -0.39 is 11.7 Å². The highest BCUT2D eigenvalue weighted by atomic mass is 16.6. The number of cyclic esters (lactones) is 1. The molecule has 2 amide bonds. The molecule has 2 rings (SSSR count). The fraction of sp³-hybridized carbons (Fsp3) is 0.400. The molecule has 0 spiro atoms. The van der Waals surface area contributed by atoms with Crippen LogP contribution >= 0.6 is 0 Å². The van der Waals surface area contributed by atoms with E-state index >= 15 is 0 Å². The molecule has 0 aliphatic carbocycles. The molecule has 5 nitrogen and oxygen atoms in total. The molecule has 134 valence electrons. The summed E-state index contributed by atoms with van der Waals surface area (Å²) < 4.78 is 5.52. The van der Waals surface area contributed by atoms with Crippen LogP contribution in [-0.2, 0) is 9.53 Å². The van der Waals surface area contributed by atoms with E-state index in [1.54, 1.807) is 17.9 Å². The third-order valence-electron chi connectivity index (χ3n) is 4.04. The first kappa shape index (κ1) is 18.8. The van der Waals surface area contributed by atoms with Crippen molar-refractivity contribution in [2.45, 2.75) is 40.2 Å². The highest BCUT2D eigenvalue weighted by Gasteiger charge is 2.42. The minimum Gasteiger partial charge on any atom is -0.439 e. The Bertz CT molecular complexity index is 715. The SMILES string of the molecule is CC(C)=C/C=C(\C)C(=O)NCC1(C)CN(c2ccc(C)cc2)C(=O)O1. The predicted molar refractivity (Wildman–Crippen MR) is 99.6 cm³/mol. The summed E-state index contributed by atoms with van der Waals surface area (Å²) in [5.74, 6) is -0.163. The molecule has 0 bridgehead atoms. The Hall–Kier alpha value is -2.56. The molecular weight excluding hydrogens is 316 g/mol. The molecule has 5 heteroatoms. The number of nitrogens with one attached hydrogen (secondary N) is 1. The summed E-state index contributed by atoms with van der Waals surface area (Å²) in [6.45, 7) is 10.2. The van der Waals surface area contributed by atoms with Gasteiger partial charge in [0.25, 0.3) is 0 Å². The molecule has 1 aromatic rings. The van der Waals surface area contributed by atoms with Crippen molar-refractivity contribution < 1.29 is 14.3 Å². The topological polar surface area (TPSA) is 58.6 Å². The Morgan fingerprint density at radius 1 is 1.24 bits per heavy atom. The Morgan fingerprint density at radius 3 is 2.48 bits per heavy atom. The van der Waals surface area contributed by atoms with Crippen LogP contribution in [0.5, 0.6) is 0 Å². The summed E-state index contributed by atoms with van der Waals surface area (Å²) in [5.41, 5.74) is 2.91. The second-order valence-corrected chi connectivity index (χ2v) is 7.02. The normalized spacial score (nSPS) is 20.3. The number of ether oxygens (including phenoxy) is 1. The van der Waals surface area contributed by atoms with Gasteiger partial charge in [-0.25, -0.2) is 4.79 Å². The molecular formula is C20H26N2O3. The molecule has 1 heterocycles. The van der Waals surface area contributed by atoms with E-state index in [1.807, 2.05) is 58.0 Å². The van der Waals surface area contributed by atoms with Gasteiger partial charge in [-0.3, -0.25) is 9.69 Å². The van der Waals surface area contributed by atoms with Crippen LogP contribution in [0.3, 0.4) is 0 Å². The molecule has 1 N–H and O–H groups in total. The van der Waals surface area contributed by atoms with E-state index in [0.29, 0.717) is 12.1 Å². The van der Waals surface area contributed by atoms with Gasteiger partial charge in [0.1, 0.15) is 5.60 Å². The van der Waals surface area contributed by atoms with Crippen molar-refractivity contribution in [2.75, 3.05) is 18.0 Å². The zero-order valence-corrected chi connectivity index (χ0v) is 15.6. The number of rotatable bonds is 5. The highest BCUT2D eigenvalue weighted by molar-refractivity contribution is 5.93. The number of allylic oxidation sites excluding steroid dienone is 3. The average Bonchev–Trinajstić information content (AvgIpc) is 2.86. The van der Waals surface area contributed by atoms with Gasteiger partial charge in [-0.15, -0.1) is 0 Å². The molecule has 1 fully saturated rings. The predicted octanol–water partition coefficient (Wildman–Crippen LogP) is 3.74. The number of anilines is 1. The number of carbonyl (C=O) groups is 2. The third-order valence-corrected chi connectivity index (χ3v) is 4.04. The van der Waals surface area contributed by atoms with Gasteiger partial charge in [0, 0.05) is 11.3 Å². The number of nitrogens with zero attached hydrogens (tertiary/aromatic N) is 1. The largest absolute Gasteiger partial charge is 0.439 e. The summed E-state index contributed by atoms with van der Waals surface area (Å²) in [7, 11) is 0. The molecule has 1 aromatic carbocycles. The Morgan fingerprint density at radius 2 is 1.88 bits per heavy atom. The van der Waals surface area contributed by atoms with Crippen molar-refractivity contribution in [3.8, 4) is 0 Å². The van der Waals surface area contributed by atoms with Crippen LogP contribution in [0.2, 0.25) is 0 Å². The monoisotopic (exact) mass is 342 g/mol. The average molecular weight is 342 g/mol. The van der Waals surface area contributed by atoms with Gasteiger partial charge in [-0.1, -0.05) is 35.4 Å². The van der Waals surface area contributed by atoms with Crippen molar-refractivity contribution in [2.24, 2.45) is 0 Å². The summed E-state index contributed by atoms with van der Waals surface area (Å²) in [4.78, 5) is 26.0. The second kappa shape index (κ2) is 7.55. The van der Waals surface area contributed by atoms with Crippen LogP contribution in [0, 0.1) is 6.92 Å². The van der Waals surface area contributed by atoms with Gasteiger partial charge in [0.2, 0.25) is 5.91 Å². The molecule has 1 atom stereocenters. The van der Waals surface area contributed by atoms with Gasteiger partial charge in [0.05, 0.1) is 13.1 Å². The number of aryl methyl sites for hydroxylation is 1. The zero-order valence-electron chi connectivity index (χ0n) is 15.6. The lowest BCUT2D eigenvalue weighted by molar-refractivity contribution is -0.118. The van der Waals surface area contributed by atoms with Gasteiger partial charge in [-0.2, -0.15) is 0 Å².